The Morgan fingerprint density at radius 3 is 1.81 bits per heavy atom. The molecular weight excluding hydrogens is 496 g/mol. The first-order valence-corrected chi connectivity index (χ1v) is 12.3. The zero-order valence-corrected chi connectivity index (χ0v) is 22.3. The molecule has 4 aliphatic heterocycles. The Balaban J connectivity index is 1.53. The maximum atomic E-state index is 11.9. The molecule has 4 fully saturated rings. The smallest absolute Gasteiger partial charge is 0.303 e. The zero-order valence-electron chi connectivity index (χ0n) is 22.3. The van der Waals surface area contributed by atoms with Gasteiger partial charge in [-0.05, 0) is 34.6 Å². The van der Waals surface area contributed by atoms with Gasteiger partial charge in [0.15, 0.2) is 42.5 Å². The number of hydrogen-bond acceptors (Lipinski definition) is 13. The van der Waals surface area contributed by atoms with Crippen molar-refractivity contribution in [2.75, 3.05) is 6.61 Å². The summed E-state index contributed by atoms with van der Waals surface area (Å²) in [5.74, 6) is -3.71. The molecule has 0 aromatic heterocycles. The summed E-state index contributed by atoms with van der Waals surface area (Å²) in [7, 11) is 0. The van der Waals surface area contributed by atoms with E-state index in [0.717, 1.165) is 0 Å². The van der Waals surface area contributed by atoms with E-state index in [1.54, 1.807) is 34.6 Å². The Kier molecular flexibility index (Phi) is 7.88. The van der Waals surface area contributed by atoms with E-state index in [4.69, 9.17) is 47.4 Å². The maximum Gasteiger partial charge on any atom is 0.303 e. The van der Waals surface area contributed by atoms with Gasteiger partial charge in [-0.25, -0.2) is 0 Å². The lowest BCUT2D eigenvalue weighted by Crippen LogP contribution is -2.62. The fraction of sp³-hybridized carbons (Fsp3) is 0.875. The lowest BCUT2D eigenvalue weighted by molar-refractivity contribution is -0.314. The van der Waals surface area contributed by atoms with Crippen molar-refractivity contribution in [3.8, 4) is 0 Å². The van der Waals surface area contributed by atoms with Crippen LogP contribution in [0.3, 0.4) is 0 Å². The van der Waals surface area contributed by atoms with Crippen LogP contribution in [0.2, 0.25) is 0 Å². The second-order valence-corrected chi connectivity index (χ2v) is 10.5. The molecule has 0 saturated carbocycles. The fourth-order valence-electron chi connectivity index (χ4n) is 5.12. The molecule has 13 heteroatoms. The number of carbonyl (C=O) groups is 3. The minimum Gasteiger partial charge on any atom is -0.456 e. The third-order valence-electron chi connectivity index (χ3n) is 6.31. The normalized spacial score (nSPS) is 41.8. The Hall–Kier alpha value is -1.87. The van der Waals surface area contributed by atoms with E-state index in [9.17, 15) is 14.4 Å². The summed E-state index contributed by atoms with van der Waals surface area (Å²) in [4.78, 5) is 35.5. The standard InChI is InChI=1S/C24H36O13/c1-10-15(30-11(2)25)17(31-12(3)26)19(32-13(4)27)21(29-10)28-9-14-16-18(35-23(5,6)34-16)20-22(33-14)37-24(7,8)36-20/h10,14-22H,9H2,1-8H3/t10-,14-,15-,16+,17+,18+,19-,20-,21-,22-/m1/s1. The molecule has 0 unspecified atom stereocenters. The number of hydrogen-bond donors (Lipinski definition) is 0. The Morgan fingerprint density at radius 1 is 0.676 bits per heavy atom. The molecule has 0 aliphatic carbocycles. The van der Waals surface area contributed by atoms with Gasteiger partial charge in [0, 0.05) is 20.8 Å². The van der Waals surface area contributed by atoms with Gasteiger partial charge < -0.3 is 47.4 Å². The topological polar surface area (TPSA) is 144 Å². The summed E-state index contributed by atoms with van der Waals surface area (Å²) in [6, 6.07) is 0. The maximum absolute atomic E-state index is 11.9. The molecule has 0 aromatic rings. The van der Waals surface area contributed by atoms with E-state index in [1.165, 1.54) is 20.8 Å². The average molecular weight is 533 g/mol. The Bertz CT molecular complexity index is 888. The summed E-state index contributed by atoms with van der Waals surface area (Å²) in [5, 5.41) is 0. The first-order chi connectivity index (χ1) is 17.2. The van der Waals surface area contributed by atoms with Crippen LogP contribution in [0.1, 0.15) is 55.4 Å². The molecule has 0 amide bonds. The number of esters is 3. The highest BCUT2D eigenvalue weighted by Crippen LogP contribution is 2.44. The number of rotatable bonds is 6. The van der Waals surface area contributed by atoms with Crippen LogP contribution in [-0.4, -0.2) is 97.5 Å². The van der Waals surface area contributed by atoms with E-state index >= 15 is 0 Å². The van der Waals surface area contributed by atoms with Crippen molar-refractivity contribution in [1.82, 2.24) is 0 Å². The van der Waals surface area contributed by atoms with Crippen LogP contribution in [-0.2, 0) is 61.8 Å². The number of ether oxygens (including phenoxy) is 10. The van der Waals surface area contributed by atoms with Crippen molar-refractivity contribution in [2.45, 2.75) is 128 Å². The molecule has 10 atom stereocenters. The molecule has 4 aliphatic rings. The van der Waals surface area contributed by atoms with Gasteiger partial charge in [-0.3, -0.25) is 14.4 Å². The summed E-state index contributed by atoms with van der Waals surface area (Å²) < 4.78 is 58.5. The van der Waals surface area contributed by atoms with E-state index in [-0.39, 0.29) is 6.61 Å². The lowest BCUT2D eigenvalue weighted by Gasteiger charge is -2.44. The van der Waals surface area contributed by atoms with Crippen LogP contribution in [0.25, 0.3) is 0 Å². The first kappa shape index (κ1) is 28.1. The second kappa shape index (κ2) is 10.4. The molecule has 0 bridgehead atoms. The van der Waals surface area contributed by atoms with Crippen LogP contribution in [0.5, 0.6) is 0 Å². The third kappa shape index (κ3) is 6.24. The predicted octanol–water partition coefficient (Wildman–Crippen LogP) is 0.939. The largest absolute Gasteiger partial charge is 0.456 e. The van der Waals surface area contributed by atoms with Gasteiger partial charge in [0.25, 0.3) is 0 Å². The minimum atomic E-state index is -1.23. The van der Waals surface area contributed by atoms with Crippen molar-refractivity contribution in [1.29, 1.82) is 0 Å². The zero-order chi connectivity index (χ0) is 27.3. The van der Waals surface area contributed by atoms with Gasteiger partial charge in [-0.1, -0.05) is 0 Å². The van der Waals surface area contributed by atoms with Crippen LogP contribution in [0.15, 0.2) is 0 Å². The van der Waals surface area contributed by atoms with Gasteiger partial charge in [0.1, 0.15) is 24.4 Å². The van der Waals surface area contributed by atoms with E-state index in [0.29, 0.717) is 0 Å². The van der Waals surface area contributed by atoms with E-state index in [1.807, 2.05) is 0 Å². The van der Waals surface area contributed by atoms with Crippen molar-refractivity contribution < 1.29 is 61.8 Å². The van der Waals surface area contributed by atoms with Gasteiger partial charge in [-0.2, -0.15) is 0 Å². The molecular formula is C24H36O13. The molecule has 0 aromatic carbocycles. The minimum absolute atomic E-state index is 0.0756. The third-order valence-corrected chi connectivity index (χ3v) is 6.31. The SMILES string of the molecule is CC(=O)O[C@@H]1[C@@H](OC(C)=O)[C@H](OC[C@H]2O[C@@H]3OC(C)(C)O[C@@H]3[C@H]3OC(C)(C)O[C@H]32)O[C@H](C)[C@H]1OC(C)=O. The molecule has 4 heterocycles. The first-order valence-electron chi connectivity index (χ1n) is 12.3. The quantitative estimate of drug-likeness (QED) is 0.354. The van der Waals surface area contributed by atoms with Gasteiger partial charge in [-0.15, -0.1) is 0 Å². The number of fused-ring (bicyclic) bond motifs is 3. The summed E-state index contributed by atoms with van der Waals surface area (Å²) in [6.45, 7) is 12.3. The second-order valence-electron chi connectivity index (χ2n) is 10.5. The summed E-state index contributed by atoms with van der Waals surface area (Å²) in [5.41, 5.74) is 0. The molecule has 210 valence electrons. The molecule has 37 heavy (non-hydrogen) atoms. The highest BCUT2D eigenvalue weighted by Gasteiger charge is 2.61. The Labute approximate surface area is 215 Å². The molecule has 13 nitrogen and oxygen atoms in total. The molecule has 0 spiro atoms. The van der Waals surface area contributed by atoms with Crippen molar-refractivity contribution in [3.63, 3.8) is 0 Å². The summed E-state index contributed by atoms with van der Waals surface area (Å²) >= 11 is 0. The van der Waals surface area contributed by atoms with Crippen molar-refractivity contribution >= 4 is 17.9 Å². The van der Waals surface area contributed by atoms with Crippen LogP contribution < -0.4 is 0 Å². The van der Waals surface area contributed by atoms with Gasteiger partial charge in [0.2, 0.25) is 0 Å². The molecule has 0 radical (unpaired) electrons. The molecule has 4 saturated heterocycles. The average Bonchev–Trinajstić information content (AvgIpc) is 3.24. The fourth-order valence-corrected chi connectivity index (χ4v) is 5.12. The van der Waals surface area contributed by atoms with Crippen molar-refractivity contribution in [3.05, 3.63) is 0 Å². The van der Waals surface area contributed by atoms with E-state index in [2.05, 4.69) is 0 Å². The predicted molar refractivity (Wildman–Crippen MR) is 119 cm³/mol. The lowest BCUT2D eigenvalue weighted by atomic mass is 9.98. The number of carbonyl (C=O) groups excluding carboxylic acids is 3. The van der Waals surface area contributed by atoms with E-state index < -0.39 is 90.9 Å². The molecule has 4 rings (SSSR count). The van der Waals surface area contributed by atoms with Gasteiger partial charge >= 0.3 is 17.9 Å². The highest BCUT2D eigenvalue weighted by atomic mass is 16.9. The monoisotopic (exact) mass is 532 g/mol. The van der Waals surface area contributed by atoms with Crippen LogP contribution in [0.4, 0.5) is 0 Å². The van der Waals surface area contributed by atoms with Crippen LogP contribution in [0, 0.1) is 0 Å². The molecule has 0 N–H and O–H groups in total. The van der Waals surface area contributed by atoms with Crippen molar-refractivity contribution in [2.24, 2.45) is 0 Å². The van der Waals surface area contributed by atoms with Crippen LogP contribution >= 0.6 is 0 Å². The highest BCUT2D eigenvalue weighted by molar-refractivity contribution is 5.68. The Morgan fingerprint density at radius 2 is 1.19 bits per heavy atom. The summed E-state index contributed by atoms with van der Waals surface area (Å²) in [6.07, 6.45) is -8.29. The van der Waals surface area contributed by atoms with Gasteiger partial charge in [0.05, 0.1) is 12.7 Å².